The smallest absolute Gasteiger partial charge is 0.199 e. The Balaban J connectivity index is 1.74. The molecule has 4 aliphatic rings. The van der Waals surface area contributed by atoms with E-state index in [0.717, 1.165) is 5.56 Å². The van der Waals surface area contributed by atoms with E-state index < -0.39 is 70.9 Å². The lowest BCUT2D eigenvalue weighted by atomic mass is 9.81. The lowest BCUT2D eigenvalue weighted by Gasteiger charge is -2.39. The average Bonchev–Trinajstić information content (AvgIpc) is 3.15. The Morgan fingerprint density at radius 2 is 1.69 bits per heavy atom. The Bertz CT molecular complexity index is 2140. The van der Waals surface area contributed by atoms with Gasteiger partial charge in [0.2, 0.25) is 0 Å². The summed E-state index contributed by atoms with van der Waals surface area (Å²) in [5, 5.41) is 13.6. The van der Waals surface area contributed by atoms with Gasteiger partial charge in [0.15, 0.2) is 5.71 Å². The number of fused-ring (bicyclic) bond motifs is 2. The zero-order valence-electron chi connectivity index (χ0n) is 38.4. The van der Waals surface area contributed by atoms with Crippen molar-refractivity contribution in [3.8, 4) is 0 Å². The van der Waals surface area contributed by atoms with E-state index in [1.807, 2.05) is 33.9 Å². The number of anilines is 1. The molecule has 202 valence electrons. The molecule has 0 N–H and O–H groups in total. The fraction of sp³-hybridized carbons (Fsp3) is 0.412. The van der Waals surface area contributed by atoms with E-state index in [0.29, 0.717) is 36.6 Å². The van der Waals surface area contributed by atoms with Crippen LogP contribution < -0.4 is 15.2 Å². The van der Waals surface area contributed by atoms with E-state index in [1.165, 1.54) is 42.5 Å². The maximum absolute atomic E-state index is 12.7. The van der Waals surface area contributed by atoms with Crippen LogP contribution in [0.2, 0.25) is 13.1 Å². The Morgan fingerprint density at radius 3 is 2.36 bits per heavy atom. The molecule has 3 heterocycles. The first-order valence-electron chi connectivity index (χ1n) is 20.7. The van der Waals surface area contributed by atoms with Crippen LogP contribution in [0.5, 0.6) is 0 Å². The van der Waals surface area contributed by atoms with Crippen LogP contribution in [-0.2, 0) is 5.41 Å². The van der Waals surface area contributed by atoms with Crippen LogP contribution >= 0.6 is 0 Å². The zero-order chi connectivity index (χ0) is 41.9. The van der Waals surface area contributed by atoms with Crippen molar-refractivity contribution in [3.05, 3.63) is 87.6 Å². The molecule has 2 fully saturated rings. The standard InChI is InChI=1S/C34H40N2O2Si/c1-34(2,3)23-10-13-26(33(37)38)29(20-23)32-27-14-11-24(35-16-6-7-17-35)21-30(27)39(4,5)31-22-25(12-15-28(31)32)36-18-8-9-19-36/h10-15,20-22H,6-9,16-19H2,1-5H3/i6D2,7D2,8D2,9D2,16D2,17D2,18D2,19D2. The Morgan fingerprint density at radius 1 is 0.974 bits per heavy atom. The van der Waals surface area contributed by atoms with Gasteiger partial charge in [-0.2, -0.15) is 0 Å². The summed E-state index contributed by atoms with van der Waals surface area (Å²) in [7, 11) is -3.30. The third-order valence-electron chi connectivity index (χ3n) is 7.58. The van der Waals surface area contributed by atoms with Crippen molar-refractivity contribution in [2.24, 2.45) is 0 Å². The SMILES string of the molecule is [2H]C1([2H])N(c2ccc3c(c2)[Si](C)(C)C2=CC(=[N+]4C([2H])([2H])C([2H])([2H])C([2H])([2H])C4([2H])[2H])C=CC2=C3c2cc(C(C)(C)C)ccc2C(=O)[O-])C([2H])([2H])C([2H])([2H])C1([2H])[2H]. The predicted octanol–water partition coefficient (Wildman–Crippen LogP) is 4.96. The van der Waals surface area contributed by atoms with E-state index in [4.69, 9.17) is 21.9 Å². The van der Waals surface area contributed by atoms with E-state index in [9.17, 15) is 9.90 Å². The largest absolute Gasteiger partial charge is 0.545 e. The first-order chi connectivity index (χ1) is 24.6. The first kappa shape index (κ1) is 13.4. The maximum atomic E-state index is 12.7. The molecule has 3 aliphatic heterocycles. The van der Waals surface area contributed by atoms with Gasteiger partial charge in [0.05, 0.1) is 5.97 Å². The summed E-state index contributed by atoms with van der Waals surface area (Å²) in [6.45, 7) is -3.39. The highest BCUT2D eigenvalue weighted by Gasteiger charge is 2.41. The number of nitrogens with zero attached hydrogens (tertiary/aromatic N) is 2. The number of aromatic carboxylic acids is 1. The third kappa shape index (κ3) is 4.45. The van der Waals surface area contributed by atoms with Crippen LogP contribution in [0, 0.1) is 0 Å². The number of carbonyl (C=O) groups excluding carboxylic acids is 1. The number of rotatable bonds is 3. The van der Waals surface area contributed by atoms with Crippen molar-refractivity contribution in [1.29, 1.82) is 0 Å². The Hall–Kier alpha value is -3.18. The van der Waals surface area contributed by atoms with Crippen LogP contribution in [0.25, 0.3) is 5.57 Å². The quantitative estimate of drug-likeness (QED) is 0.399. The molecule has 39 heavy (non-hydrogen) atoms. The molecule has 0 aromatic heterocycles. The predicted molar refractivity (Wildman–Crippen MR) is 162 cm³/mol. The second-order valence-electron chi connectivity index (χ2n) is 11.4. The topological polar surface area (TPSA) is 46.4 Å². The fourth-order valence-corrected chi connectivity index (χ4v) is 8.51. The molecule has 1 aliphatic carbocycles. The monoisotopic (exact) mass is 552 g/mol. The number of hydrogen-bond acceptors (Lipinski definition) is 3. The molecule has 0 unspecified atom stereocenters. The number of hydrogen-bond donors (Lipinski definition) is 0. The summed E-state index contributed by atoms with van der Waals surface area (Å²) in [5.41, 5.74) is 1.07. The van der Waals surface area contributed by atoms with Gasteiger partial charge < -0.3 is 14.8 Å². The van der Waals surface area contributed by atoms with Gasteiger partial charge in [0, 0.05) is 65.6 Å². The molecular weight excluding hydrogens is 496 g/mol. The summed E-state index contributed by atoms with van der Waals surface area (Å²) in [4.78, 5) is 13.2. The van der Waals surface area contributed by atoms with Crippen molar-refractivity contribution in [2.45, 2.75) is 64.8 Å². The van der Waals surface area contributed by atoms with Gasteiger partial charge >= 0.3 is 0 Å². The molecule has 5 heteroatoms. The molecule has 2 aromatic carbocycles. The van der Waals surface area contributed by atoms with Gasteiger partial charge in [0.25, 0.3) is 0 Å². The Kier molecular flexibility index (Phi) is 3.27. The molecule has 2 aromatic rings. The van der Waals surface area contributed by atoms with Crippen molar-refractivity contribution >= 4 is 36.2 Å². The van der Waals surface area contributed by atoms with Crippen LogP contribution in [0.15, 0.2) is 65.4 Å². The van der Waals surface area contributed by atoms with Gasteiger partial charge in [-0.15, -0.1) is 0 Å². The molecule has 0 bridgehead atoms. The molecule has 4 nitrogen and oxygen atoms in total. The normalized spacial score (nSPS) is 36.7. The molecule has 0 spiro atoms. The number of carboxylic acids is 1. The lowest BCUT2D eigenvalue weighted by Crippen LogP contribution is -2.50. The third-order valence-corrected chi connectivity index (χ3v) is 11.1. The summed E-state index contributed by atoms with van der Waals surface area (Å²) < 4.78 is 137. The molecule has 0 atom stereocenters. The van der Waals surface area contributed by atoms with E-state index >= 15 is 0 Å². The highest BCUT2D eigenvalue weighted by Crippen LogP contribution is 2.43. The number of carboxylic acid groups (broad SMARTS) is 1. The molecule has 0 amide bonds. The van der Waals surface area contributed by atoms with Crippen LogP contribution in [0.3, 0.4) is 0 Å². The van der Waals surface area contributed by atoms with Crippen molar-refractivity contribution in [1.82, 2.24) is 0 Å². The maximum Gasteiger partial charge on any atom is 0.199 e. The van der Waals surface area contributed by atoms with Crippen LogP contribution in [0.1, 0.15) is 95.2 Å². The van der Waals surface area contributed by atoms with Gasteiger partial charge in [0.1, 0.15) is 26.6 Å². The van der Waals surface area contributed by atoms with Gasteiger partial charge in [-0.1, -0.05) is 52.1 Å². The minimum atomic E-state index is -3.33. The zero-order valence-corrected chi connectivity index (χ0v) is 23.4. The van der Waals surface area contributed by atoms with Crippen LogP contribution in [-0.4, -0.2) is 50.3 Å². The molecule has 2 saturated heterocycles. The summed E-state index contributed by atoms with van der Waals surface area (Å²) in [5.74, 6) is -1.51. The van der Waals surface area contributed by atoms with E-state index in [2.05, 4.69) is 0 Å². The highest BCUT2D eigenvalue weighted by atomic mass is 28.3. The molecule has 6 rings (SSSR count). The van der Waals surface area contributed by atoms with Gasteiger partial charge in [-0.25, -0.2) is 4.58 Å². The molecule has 0 saturated carbocycles. The van der Waals surface area contributed by atoms with Crippen molar-refractivity contribution in [3.63, 3.8) is 0 Å². The number of allylic oxidation sites excluding steroid dienone is 5. The summed E-state index contributed by atoms with van der Waals surface area (Å²) >= 11 is 0. The highest BCUT2D eigenvalue weighted by molar-refractivity contribution is 6.98. The minimum Gasteiger partial charge on any atom is -0.545 e. The second-order valence-corrected chi connectivity index (χ2v) is 15.7. The minimum absolute atomic E-state index is 0.198. The second kappa shape index (κ2) is 9.48. The van der Waals surface area contributed by atoms with Gasteiger partial charge in [-0.05, 0) is 80.7 Å². The average molecular weight is 553 g/mol. The van der Waals surface area contributed by atoms with E-state index in [-0.39, 0.29) is 22.5 Å². The first-order valence-corrected chi connectivity index (χ1v) is 15.7. The van der Waals surface area contributed by atoms with Crippen molar-refractivity contribution in [2.75, 3.05) is 30.9 Å². The molecular formula is C34H40N2O2Si. The number of carbonyl (C=O) groups is 1. The summed E-state index contributed by atoms with van der Waals surface area (Å²) in [6, 6.07) is 9.01. The Labute approximate surface area is 256 Å². The van der Waals surface area contributed by atoms with Crippen molar-refractivity contribution < 1.29 is 36.4 Å². The van der Waals surface area contributed by atoms with E-state index in [1.54, 1.807) is 12.1 Å². The van der Waals surface area contributed by atoms with Crippen LogP contribution in [0.4, 0.5) is 5.69 Å². The lowest BCUT2D eigenvalue weighted by molar-refractivity contribution is -0.504. The van der Waals surface area contributed by atoms with Gasteiger partial charge in [-0.3, -0.25) is 0 Å². The summed E-state index contributed by atoms with van der Waals surface area (Å²) in [6.07, 6.45) is -9.05. The number of benzene rings is 2. The molecule has 0 radical (unpaired) electrons. The fourth-order valence-electron chi connectivity index (χ4n) is 5.44.